The summed E-state index contributed by atoms with van der Waals surface area (Å²) in [5.74, 6) is 0.766. The smallest absolute Gasteiger partial charge is 0.276 e. The average Bonchev–Trinajstić information content (AvgIpc) is 3.24. The Hall–Kier alpha value is -1.89. The quantitative estimate of drug-likeness (QED) is 0.782. The number of piperidine rings is 1. The molecule has 1 aromatic rings. The van der Waals surface area contributed by atoms with Crippen LogP contribution in [0.1, 0.15) is 48.9 Å². The molecule has 0 bridgehead atoms. The summed E-state index contributed by atoms with van der Waals surface area (Å²) in [5, 5.41) is 3.91. The third-order valence-corrected chi connectivity index (χ3v) is 5.31. The van der Waals surface area contributed by atoms with Crippen molar-refractivity contribution in [3.63, 3.8) is 0 Å². The Kier molecular flexibility index (Phi) is 5.42. The van der Waals surface area contributed by atoms with E-state index in [0.29, 0.717) is 31.9 Å². The van der Waals surface area contributed by atoms with Crippen molar-refractivity contribution in [2.24, 2.45) is 5.41 Å². The van der Waals surface area contributed by atoms with E-state index >= 15 is 0 Å². The third-order valence-electron chi connectivity index (χ3n) is 5.31. The van der Waals surface area contributed by atoms with Crippen LogP contribution in [0.2, 0.25) is 0 Å². The minimum Gasteiger partial charge on any atom is -0.383 e. The zero-order valence-corrected chi connectivity index (χ0v) is 15.1. The molecule has 7 nitrogen and oxygen atoms in total. The minimum absolute atomic E-state index is 0.134. The van der Waals surface area contributed by atoms with E-state index in [1.165, 1.54) is 0 Å². The maximum absolute atomic E-state index is 12.9. The molecular weight excluding hydrogens is 322 g/mol. The van der Waals surface area contributed by atoms with E-state index < -0.39 is 5.41 Å². The maximum Gasteiger partial charge on any atom is 0.276 e. The summed E-state index contributed by atoms with van der Waals surface area (Å²) < 4.78 is 10.3. The monoisotopic (exact) mass is 349 g/mol. The van der Waals surface area contributed by atoms with Gasteiger partial charge in [-0.3, -0.25) is 9.59 Å². The molecule has 1 aromatic heterocycles. The summed E-state index contributed by atoms with van der Waals surface area (Å²) in [6.07, 6.45) is 4.26. The van der Waals surface area contributed by atoms with Gasteiger partial charge in [0, 0.05) is 45.8 Å². The molecule has 0 N–H and O–H groups in total. The number of amides is 2. The Bertz CT molecular complexity index is 630. The number of likely N-dealkylation sites (tertiary alicyclic amines) is 2. The molecule has 1 spiro atoms. The second kappa shape index (κ2) is 7.56. The van der Waals surface area contributed by atoms with Crippen molar-refractivity contribution < 1.29 is 18.8 Å². The van der Waals surface area contributed by atoms with Crippen LogP contribution in [0.25, 0.3) is 0 Å². The second-order valence-corrected chi connectivity index (χ2v) is 7.07. The fourth-order valence-corrected chi connectivity index (χ4v) is 3.93. The first-order valence-corrected chi connectivity index (χ1v) is 9.13. The van der Waals surface area contributed by atoms with Crippen LogP contribution in [0.4, 0.5) is 0 Å². The Balaban J connectivity index is 1.67. The van der Waals surface area contributed by atoms with Crippen LogP contribution in [0.3, 0.4) is 0 Å². The lowest BCUT2D eigenvalue weighted by Gasteiger charge is -2.39. The molecule has 0 aromatic carbocycles. The molecule has 2 saturated heterocycles. The highest BCUT2D eigenvalue weighted by Gasteiger charge is 2.49. The maximum atomic E-state index is 12.9. The predicted molar refractivity (Wildman–Crippen MR) is 91.1 cm³/mol. The lowest BCUT2D eigenvalue weighted by molar-refractivity contribution is -0.146. The Morgan fingerprint density at radius 1 is 1.40 bits per heavy atom. The molecule has 3 heterocycles. The van der Waals surface area contributed by atoms with E-state index in [4.69, 9.17) is 9.26 Å². The van der Waals surface area contributed by atoms with Gasteiger partial charge in [-0.2, -0.15) is 0 Å². The van der Waals surface area contributed by atoms with E-state index in [2.05, 4.69) is 12.1 Å². The summed E-state index contributed by atoms with van der Waals surface area (Å²) >= 11 is 0. The molecule has 2 amide bonds. The van der Waals surface area contributed by atoms with Gasteiger partial charge in [-0.05, 0) is 25.7 Å². The van der Waals surface area contributed by atoms with Crippen molar-refractivity contribution in [2.45, 2.75) is 39.0 Å². The van der Waals surface area contributed by atoms with Gasteiger partial charge in [0.25, 0.3) is 5.91 Å². The molecule has 7 heteroatoms. The summed E-state index contributed by atoms with van der Waals surface area (Å²) in [5.41, 5.74) is -0.0857. The number of rotatable bonds is 6. The van der Waals surface area contributed by atoms with Gasteiger partial charge in [0.2, 0.25) is 5.91 Å². The number of nitrogens with zero attached hydrogens (tertiary/aromatic N) is 3. The van der Waals surface area contributed by atoms with Crippen LogP contribution in [0.15, 0.2) is 10.6 Å². The van der Waals surface area contributed by atoms with Crippen molar-refractivity contribution >= 4 is 11.8 Å². The Morgan fingerprint density at radius 2 is 2.24 bits per heavy atom. The number of ether oxygens (including phenoxy) is 1. The van der Waals surface area contributed by atoms with E-state index in [9.17, 15) is 9.59 Å². The summed E-state index contributed by atoms with van der Waals surface area (Å²) in [4.78, 5) is 29.3. The standard InChI is InChI=1S/C18H27N3O4/c1-3-5-14-12-15(19-25-14)16(22)21-9-7-18(13-21)6-4-8-20(17(18)23)10-11-24-2/h12H,3-11,13H2,1-2H3/t18-/m1/s1. The third kappa shape index (κ3) is 3.56. The first-order chi connectivity index (χ1) is 12.1. The van der Waals surface area contributed by atoms with Gasteiger partial charge in [-0.15, -0.1) is 0 Å². The first-order valence-electron chi connectivity index (χ1n) is 9.13. The lowest BCUT2D eigenvalue weighted by Crippen LogP contribution is -2.51. The number of hydrogen-bond acceptors (Lipinski definition) is 5. The molecular formula is C18H27N3O4. The lowest BCUT2D eigenvalue weighted by atomic mass is 9.78. The van der Waals surface area contributed by atoms with Crippen molar-refractivity contribution in [3.05, 3.63) is 17.5 Å². The van der Waals surface area contributed by atoms with Gasteiger partial charge in [0.15, 0.2) is 5.69 Å². The molecule has 0 unspecified atom stereocenters. The topological polar surface area (TPSA) is 75.9 Å². The summed E-state index contributed by atoms with van der Waals surface area (Å²) in [7, 11) is 1.64. The predicted octanol–water partition coefficient (Wildman–Crippen LogP) is 1.73. The van der Waals surface area contributed by atoms with Gasteiger partial charge in [0.05, 0.1) is 12.0 Å². The van der Waals surface area contributed by atoms with Crippen molar-refractivity contribution in [2.75, 3.05) is 39.9 Å². The van der Waals surface area contributed by atoms with Gasteiger partial charge < -0.3 is 19.1 Å². The molecule has 138 valence electrons. The molecule has 2 aliphatic heterocycles. The fraction of sp³-hybridized carbons (Fsp3) is 0.722. The van der Waals surface area contributed by atoms with E-state index in [1.807, 2.05) is 4.90 Å². The summed E-state index contributed by atoms with van der Waals surface area (Å²) in [6, 6.07) is 1.73. The number of hydrogen-bond donors (Lipinski definition) is 0. The van der Waals surface area contributed by atoms with Gasteiger partial charge in [-0.25, -0.2) is 0 Å². The van der Waals surface area contributed by atoms with Gasteiger partial charge in [-0.1, -0.05) is 12.1 Å². The van der Waals surface area contributed by atoms with E-state index in [1.54, 1.807) is 18.1 Å². The average molecular weight is 349 g/mol. The van der Waals surface area contributed by atoms with Crippen molar-refractivity contribution in [1.82, 2.24) is 15.0 Å². The van der Waals surface area contributed by atoms with Crippen LogP contribution in [0.5, 0.6) is 0 Å². The molecule has 0 saturated carbocycles. The molecule has 25 heavy (non-hydrogen) atoms. The van der Waals surface area contributed by atoms with E-state index in [0.717, 1.165) is 44.4 Å². The number of carbonyl (C=O) groups excluding carboxylic acids is 2. The number of aromatic nitrogens is 1. The highest BCUT2D eigenvalue weighted by atomic mass is 16.5. The molecule has 2 aliphatic rings. The zero-order chi connectivity index (χ0) is 17.9. The van der Waals surface area contributed by atoms with Gasteiger partial charge in [0.1, 0.15) is 5.76 Å². The Labute approximate surface area is 148 Å². The SMILES string of the molecule is CCCc1cc(C(=O)N2CC[C@]3(CCCN(CCOC)C3=O)C2)no1. The van der Waals surface area contributed by atoms with Gasteiger partial charge >= 0.3 is 0 Å². The molecule has 3 rings (SSSR count). The normalized spacial score (nSPS) is 23.7. The van der Waals surface area contributed by atoms with Crippen LogP contribution in [-0.4, -0.2) is 66.7 Å². The fourth-order valence-electron chi connectivity index (χ4n) is 3.93. The van der Waals surface area contributed by atoms with Crippen LogP contribution in [0, 0.1) is 5.41 Å². The summed E-state index contributed by atoms with van der Waals surface area (Å²) in [6.45, 7) is 5.07. The molecule has 0 radical (unpaired) electrons. The zero-order valence-electron chi connectivity index (χ0n) is 15.1. The van der Waals surface area contributed by atoms with E-state index in [-0.39, 0.29) is 11.8 Å². The number of aryl methyl sites for hydroxylation is 1. The first kappa shape index (κ1) is 17.9. The van der Waals surface area contributed by atoms with Crippen LogP contribution < -0.4 is 0 Å². The molecule has 1 atom stereocenters. The molecule has 2 fully saturated rings. The van der Waals surface area contributed by atoms with Crippen LogP contribution in [-0.2, 0) is 16.0 Å². The van der Waals surface area contributed by atoms with Crippen molar-refractivity contribution in [3.8, 4) is 0 Å². The van der Waals surface area contributed by atoms with Crippen LogP contribution >= 0.6 is 0 Å². The minimum atomic E-state index is -0.433. The highest BCUT2D eigenvalue weighted by molar-refractivity contribution is 5.94. The Morgan fingerprint density at radius 3 is 3.00 bits per heavy atom. The second-order valence-electron chi connectivity index (χ2n) is 7.07. The molecule has 0 aliphatic carbocycles. The largest absolute Gasteiger partial charge is 0.383 e. The number of carbonyl (C=O) groups is 2. The highest BCUT2D eigenvalue weighted by Crippen LogP contribution is 2.40. The van der Waals surface area contributed by atoms with Crippen molar-refractivity contribution in [1.29, 1.82) is 0 Å². The number of methoxy groups -OCH3 is 1.